The number of nitrogens with two attached hydrogens (primary N) is 1. The zero-order valence-corrected chi connectivity index (χ0v) is 19.2. The average Bonchev–Trinajstić information content (AvgIpc) is 2.79. The maximum absolute atomic E-state index is 14.7. The first-order valence-corrected chi connectivity index (χ1v) is 10.8. The number of carbonyl (C=O) groups is 2. The molecule has 3 N–H and O–H groups in total. The van der Waals surface area contributed by atoms with Crippen LogP contribution in [0.15, 0.2) is 66.7 Å². The molecule has 0 saturated heterocycles. The highest BCUT2D eigenvalue weighted by molar-refractivity contribution is 6.33. The molecule has 34 heavy (non-hydrogen) atoms. The van der Waals surface area contributed by atoms with Crippen molar-refractivity contribution in [3.63, 3.8) is 0 Å². The lowest BCUT2D eigenvalue weighted by Gasteiger charge is -2.35. The fraction of sp³-hybridized carbons (Fsp3) is 0.167. The van der Waals surface area contributed by atoms with Crippen LogP contribution in [-0.2, 0) is 11.2 Å². The van der Waals surface area contributed by atoms with Crippen LogP contribution in [0.25, 0.3) is 0 Å². The number of hydrogen-bond acceptors (Lipinski definition) is 3. The van der Waals surface area contributed by atoms with Crippen LogP contribution < -0.4 is 15.4 Å². The molecule has 3 aromatic carbocycles. The molecule has 0 aromatic heterocycles. The maximum Gasteiger partial charge on any atom is 0.319 e. The number of primary amides is 1. The highest BCUT2D eigenvalue weighted by Crippen LogP contribution is 2.36. The van der Waals surface area contributed by atoms with Crippen molar-refractivity contribution < 1.29 is 28.2 Å². The molecule has 0 heterocycles. The monoisotopic (exact) mass is 508 g/mol. The van der Waals surface area contributed by atoms with Gasteiger partial charge in [0.05, 0.1) is 10.7 Å². The summed E-state index contributed by atoms with van der Waals surface area (Å²) in [7, 11) is 0. The number of amides is 2. The van der Waals surface area contributed by atoms with Gasteiger partial charge < -0.3 is 15.6 Å². The van der Waals surface area contributed by atoms with Gasteiger partial charge in [0.25, 0.3) is 0 Å². The van der Waals surface area contributed by atoms with E-state index in [0.717, 1.165) is 12.1 Å². The first kappa shape index (κ1) is 25.3. The van der Waals surface area contributed by atoms with Gasteiger partial charge in [-0.1, -0.05) is 53.5 Å². The van der Waals surface area contributed by atoms with Gasteiger partial charge in [0.2, 0.25) is 0 Å². The fourth-order valence-corrected chi connectivity index (χ4v) is 3.95. The molecule has 2 amide bonds. The van der Waals surface area contributed by atoms with Gasteiger partial charge >= 0.3 is 12.0 Å². The first-order valence-electron chi connectivity index (χ1n) is 10.00. The number of carbonyl (C=O) groups excluding carboxylic acids is 1. The predicted octanol–water partition coefficient (Wildman–Crippen LogP) is 5.55. The number of ether oxygens (including phenoxy) is 1. The van der Waals surface area contributed by atoms with Crippen molar-refractivity contribution in [3.8, 4) is 5.75 Å². The number of carboxylic acid groups (broad SMARTS) is 1. The number of urea groups is 1. The van der Waals surface area contributed by atoms with Gasteiger partial charge in [-0.2, -0.15) is 0 Å². The molecule has 0 spiro atoms. The van der Waals surface area contributed by atoms with Gasteiger partial charge in [-0.25, -0.2) is 13.6 Å². The van der Waals surface area contributed by atoms with Crippen LogP contribution in [0, 0.1) is 17.0 Å². The molecule has 0 aliphatic rings. The van der Waals surface area contributed by atoms with E-state index >= 15 is 0 Å². The summed E-state index contributed by atoms with van der Waals surface area (Å²) in [5.41, 5.74) is 3.00. The second-order valence-corrected chi connectivity index (χ2v) is 8.37. The molecule has 3 aromatic rings. The summed E-state index contributed by atoms with van der Waals surface area (Å²) in [6.45, 7) is -1.21. The molecule has 0 bridgehead atoms. The third-order valence-electron chi connectivity index (χ3n) is 5.22. The summed E-state index contributed by atoms with van der Waals surface area (Å²) < 4.78 is 35.0. The van der Waals surface area contributed by atoms with E-state index in [1.54, 1.807) is 30.3 Å². The van der Waals surface area contributed by atoms with Crippen molar-refractivity contribution in [2.45, 2.75) is 6.42 Å². The third kappa shape index (κ3) is 5.58. The highest BCUT2D eigenvalue weighted by atomic mass is 35.5. The molecule has 0 fully saturated rings. The number of rotatable bonds is 9. The van der Waals surface area contributed by atoms with E-state index in [1.807, 2.05) is 0 Å². The highest BCUT2D eigenvalue weighted by Gasteiger charge is 2.44. The smallest absolute Gasteiger partial charge is 0.319 e. The Morgan fingerprint density at radius 1 is 0.941 bits per heavy atom. The van der Waals surface area contributed by atoms with E-state index in [0.29, 0.717) is 10.6 Å². The number of nitrogens with zero attached hydrogens (tertiary/aromatic N) is 1. The first-order chi connectivity index (χ1) is 16.1. The number of benzene rings is 3. The van der Waals surface area contributed by atoms with Crippen LogP contribution in [-0.4, -0.2) is 30.3 Å². The summed E-state index contributed by atoms with van der Waals surface area (Å²) in [4.78, 5) is 25.7. The Balaban J connectivity index is 2.11. The van der Waals surface area contributed by atoms with Crippen molar-refractivity contribution in [2.75, 3.05) is 18.1 Å². The molecule has 10 heteroatoms. The molecule has 1 unspecified atom stereocenters. The standard InChI is InChI=1S/C24H20Cl2F2N2O4/c25-17-8-4-10-19(27)16(17)12-24(22(31)32,14-34-15-6-2-1-3-7-15)13-30(23(29)33)21-18(26)9-5-11-20(21)28/h1-11H,12-14H2,(H2,29,33)(H,31,32). The van der Waals surface area contributed by atoms with Crippen LogP contribution in [0.5, 0.6) is 5.75 Å². The Hall–Kier alpha value is -3.36. The second-order valence-electron chi connectivity index (χ2n) is 7.56. The normalized spacial score (nSPS) is 12.6. The Kier molecular flexibility index (Phi) is 7.96. The second kappa shape index (κ2) is 10.7. The fourth-order valence-electron chi connectivity index (χ4n) is 3.45. The molecule has 6 nitrogen and oxygen atoms in total. The number of aliphatic carboxylic acids is 1. The Bertz CT molecular complexity index is 1160. The third-order valence-corrected chi connectivity index (χ3v) is 5.88. The van der Waals surface area contributed by atoms with E-state index in [1.165, 1.54) is 24.3 Å². The topological polar surface area (TPSA) is 92.9 Å². The summed E-state index contributed by atoms with van der Waals surface area (Å²) in [5.74, 6) is -2.74. The van der Waals surface area contributed by atoms with Crippen LogP contribution >= 0.6 is 23.2 Å². The Labute approximate surface area is 204 Å². The molecule has 3 rings (SSSR count). The number of carboxylic acids is 1. The number of halogens is 4. The van der Waals surface area contributed by atoms with Gasteiger partial charge in [0.15, 0.2) is 0 Å². The summed E-state index contributed by atoms with van der Waals surface area (Å²) in [6.07, 6.45) is -0.490. The maximum atomic E-state index is 14.7. The minimum Gasteiger partial charge on any atom is -0.492 e. The quantitative estimate of drug-likeness (QED) is 0.396. The number of para-hydroxylation sites is 2. The predicted molar refractivity (Wildman–Crippen MR) is 125 cm³/mol. The number of hydrogen-bond donors (Lipinski definition) is 2. The van der Waals surface area contributed by atoms with Crippen LogP contribution in [0.2, 0.25) is 10.0 Å². The van der Waals surface area contributed by atoms with E-state index in [-0.39, 0.29) is 15.6 Å². The van der Waals surface area contributed by atoms with Crippen molar-refractivity contribution >= 4 is 40.9 Å². The van der Waals surface area contributed by atoms with Crippen molar-refractivity contribution in [1.29, 1.82) is 0 Å². The molecule has 1 atom stereocenters. The average molecular weight is 509 g/mol. The van der Waals surface area contributed by atoms with E-state index in [2.05, 4.69) is 0 Å². The van der Waals surface area contributed by atoms with Gasteiger partial charge in [-0.15, -0.1) is 0 Å². The molecule has 0 aliphatic carbocycles. The van der Waals surface area contributed by atoms with Gasteiger partial charge in [-0.3, -0.25) is 9.69 Å². The molecule has 0 aliphatic heterocycles. The summed E-state index contributed by atoms with van der Waals surface area (Å²) >= 11 is 12.3. The van der Waals surface area contributed by atoms with Crippen molar-refractivity contribution in [2.24, 2.45) is 11.1 Å². The van der Waals surface area contributed by atoms with Crippen molar-refractivity contribution in [1.82, 2.24) is 0 Å². The lowest BCUT2D eigenvalue weighted by molar-refractivity contribution is -0.150. The van der Waals surface area contributed by atoms with Crippen LogP contribution in [0.4, 0.5) is 19.3 Å². The summed E-state index contributed by atoms with van der Waals surface area (Å²) in [6, 6.07) is 14.8. The Morgan fingerprint density at radius 2 is 1.56 bits per heavy atom. The van der Waals surface area contributed by atoms with Crippen LogP contribution in [0.1, 0.15) is 5.56 Å². The van der Waals surface area contributed by atoms with Crippen molar-refractivity contribution in [3.05, 3.63) is 94.0 Å². The minimum atomic E-state index is -2.00. The lowest BCUT2D eigenvalue weighted by Crippen LogP contribution is -2.52. The van der Waals surface area contributed by atoms with Gasteiger partial charge in [0, 0.05) is 17.1 Å². The molecule has 0 radical (unpaired) electrons. The largest absolute Gasteiger partial charge is 0.492 e. The zero-order chi connectivity index (χ0) is 24.9. The van der Waals surface area contributed by atoms with E-state index < -0.39 is 54.3 Å². The van der Waals surface area contributed by atoms with Gasteiger partial charge in [-0.05, 0) is 42.8 Å². The van der Waals surface area contributed by atoms with E-state index in [9.17, 15) is 23.5 Å². The van der Waals surface area contributed by atoms with E-state index in [4.69, 9.17) is 33.7 Å². The molecular formula is C24H20Cl2F2N2O4. The Morgan fingerprint density at radius 3 is 2.12 bits per heavy atom. The lowest BCUT2D eigenvalue weighted by atomic mass is 9.81. The number of anilines is 1. The SMILES string of the molecule is NC(=O)N(CC(COc1ccccc1)(Cc1c(F)cccc1Cl)C(=O)O)c1c(F)cccc1Cl. The van der Waals surface area contributed by atoms with Gasteiger partial charge in [0.1, 0.15) is 29.4 Å². The molecule has 0 saturated carbocycles. The zero-order valence-electron chi connectivity index (χ0n) is 17.7. The molecule has 178 valence electrons. The van der Waals surface area contributed by atoms with Crippen LogP contribution in [0.3, 0.4) is 0 Å². The summed E-state index contributed by atoms with van der Waals surface area (Å²) in [5, 5.41) is 10.1. The molecular weight excluding hydrogens is 489 g/mol. The minimum absolute atomic E-state index is 0.0140.